The summed E-state index contributed by atoms with van der Waals surface area (Å²) in [7, 11) is 1.71. The molecule has 0 bridgehead atoms. The van der Waals surface area contributed by atoms with E-state index in [1.54, 1.807) is 24.1 Å². The van der Waals surface area contributed by atoms with E-state index in [1.165, 1.54) is 0 Å². The number of nitrogens with one attached hydrogen (secondary N) is 1. The first-order valence-corrected chi connectivity index (χ1v) is 20.2. The number of hydrogen-bond acceptors (Lipinski definition) is 11. The minimum Gasteiger partial charge on any atom is -0.459 e. The van der Waals surface area contributed by atoms with Gasteiger partial charge in [-0.15, -0.1) is 6.58 Å². The van der Waals surface area contributed by atoms with Gasteiger partial charge in [0.2, 0.25) is 12.1 Å². The minimum atomic E-state index is -1.42. The van der Waals surface area contributed by atoms with E-state index in [0.717, 1.165) is 56.1 Å². The molecule has 2 aliphatic heterocycles. The van der Waals surface area contributed by atoms with Crippen molar-refractivity contribution in [2.45, 2.75) is 116 Å². The van der Waals surface area contributed by atoms with Gasteiger partial charge in [0, 0.05) is 51.1 Å². The fraction of sp³-hybridized carbons (Fsp3) is 0.690. The van der Waals surface area contributed by atoms with Crippen molar-refractivity contribution in [3.05, 3.63) is 48.1 Å². The van der Waals surface area contributed by atoms with Gasteiger partial charge in [-0.05, 0) is 86.5 Å². The summed E-state index contributed by atoms with van der Waals surface area (Å²) in [6.07, 6.45) is 9.80. The second kappa shape index (κ2) is 19.5. The molecule has 7 unspecified atom stereocenters. The highest BCUT2D eigenvalue weighted by Gasteiger charge is 2.65. The van der Waals surface area contributed by atoms with Crippen LogP contribution >= 0.6 is 0 Å². The van der Waals surface area contributed by atoms with E-state index in [2.05, 4.69) is 18.0 Å². The van der Waals surface area contributed by atoms with Gasteiger partial charge in [0.25, 0.3) is 0 Å². The first-order chi connectivity index (χ1) is 26.5. The second-order valence-corrected chi connectivity index (χ2v) is 16.3. The molecule has 13 nitrogen and oxygen atoms in total. The molecule has 1 saturated carbocycles. The van der Waals surface area contributed by atoms with Crippen LogP contribution in [0.15, 0.2) is 47.7 Å². The van der Waals surface area contributed by atoms with Crippen LogP contribution in [0.3, 0.4) is 0 Å². The number of carbonyl (C=O) groups excluding carboxylic acids is 2. The van der Waals surface area contributed by atoms with Crippen molar-refractivity contribution in [1.29, 1.82) is 0 Å². The average molecular weight is 770 g/mol. The van der Waals surface area contributed by atoms with Gasteiger partial charge in [-0.3, -0.25) is 0 Å². The number of fused-ring (bicyclic) bond motifs is 2. The summed E-state index contributed by atoms with van der Waals surface area (Å²) in [4.78, 5) is 34.3. The highest BCUT2D eigenvalue weighted by molar-refractivity contribution is 6.03. The van der Waals surface area contributed by atoms with Crippen molar-refractivity contribution in [1.82, 2.24) is 10.2 Å². The Labute approximate surface area is 326 Å². The van der Waals surface area contributed by atoms with Crippen molar-refractivity contribution < 1.29 is 48.3 Å². The number of oxime groups is 1. The minimum absolute atomic E-state index is 0.0220. The zero-order valence-electron chi connectivity index (χ0n) is 33.4. The number of nitrogens with zero attached hydrogens (tertiary/aromatic N) is 2. The molecule has 2 aliphatic carbocycles. The van der Waals surface area contributed by atoms with Crippen molar-refractivity contribution in [2.24, 2.45) is 28.3 Å². The Morgan fingerprint density at radius 2 is 1.89 bits per heavy atom. The molecule has 1 aromatic carbocycles. The van der Waals surface area contributed by atoms with Gasteiger partial charge in [0.05, 0.1) is 31.5 Å². The van der Waals surface area contributed by atoms with Crippen LogP contribution in [0.1, 0.15) is 103 Å². The zero-order valence-corrected chi connectivity index (χ0v) is 33.4. The molecular formula is C42H63N3O10. The Balaban J connectivity index is 1.73. The molecule has 306 valence electrons. The monoisotopic (exact) mass is 769 g/mol. The molecule has 0 aromatic heterocycles. The van der Waals surface area contributed by atoms with Gasteiger partial charge in [-0.25, -0.2) is 9.59 Å². The molecule has 3 N–H and O–H groups in total. The smallest absolute Gasteiger partial charge is 0.412 e. The van der Waals surface area contributed by atoms with Crippen LogP contribution in [0.4, 0.5) is 9.59 Å². The molecule has 2 fully saturated rings. The number of aliphatic hydroxyl groups excluding tert-OH is 2. The van der Waals surface area contributed by atoms with Gasteiger partial charge in [0.15, 0.2) is 0 Å². The quantitative estimate of drug-likeness (QED) is 0.0851. The van der Waals surface area contributed by atoms with Gasteiger partial charge < -0.3 is 49.0 Å². The Morgan fingerprint density at radius 3 is 2.56 bits per heavy atom. The normalized spacial score (nSPS) is 27.8. The molecule has 0 spiro atoms. The van der Waals surface area contributed by atoms with Crippen LogP contribution in [0.2, 0.25) is 0 Å². The van der Waals surface area contributed by atoms with Crippen LogP contribution in [-0.2, 0) is 19.0 Å². The van der Waals surface area contributed by atoms with E-state index in [-0.39, 0.29) is 56.0 Å². The van der Waals surface area contributed by atoms with E-state index in [0.29, 0.717) is 43.2 Å². The lowest BCUT2D eigenvalue weighted by molar-refractivity contribution is -0.254. The lowest BCUT2D eigenvalue weighted by Gasteiger charge is -2.59. The molecule has 55 heavy (non-hydrogen) atoms. The van der Waals surface area contributed by atoms with Crippen LogP contribution in [0.5, 0.6) is 11.5 Å². The molecule has 1 aromatic rings. The van der Waals surface area contributed by atoms with E-state index in [9.17, 15) is 19.8 Å². The maximum absolute atomic E-state index is 14.0. The van der Waals surface area contributed by atoms with Crippen molar-refractivity contribution in [2.75, 3.05) is 46.6 Å². The molecule has 13 heteroatoms. The lowest BCUT2D eigenvalue weighted by atomic mass is 9.55. The summed E-state index contributed by atoms with van der Waals surface area (Å²) >= 11 is 0. The number of hydrogen-bond donors (Lipinski definition) is 3. The molecule has 2 heterocycles. The molecule has 4 aliphatic rings. The summed E-state index contributed by atoms with van der Waals surface area (Å²) in [6, 6.07) is 4.68. The van der Waals surface area contributed by atoms with Crippen LogP contribution in [-0.4, -0.2) is 97.8 Å². The number of rotatable bonds is 17. The van der Waals surface area contributed by atoms with Gasteiger partial charge in [-0.1, -0.05) is 50.9 Å². The highest BCUT2D eigenvalue weighted by Crippen LogP contribution is 2.61. The van der Waals surface area contributed by atoms with Crippen LogP contribution < -0.4 is 14.8 Å². The van der Waals surface area contributed by atoms with Crippen molar-refractivity contribution >= 4 is 17.9 Å². The predicted molar refractivity (Wildman–Crippen MR) is 208 cm³/mol. The summed E-state index contributed by atoms with van der Waals surface area (Å²) in [5, 5.41) is 27.2. The SMILES string of the molecule is C=CCOC12Oc3ccc(OC(=O)NCC)cc3C3C(CCCCO)C(CCCCO)C=C(C(=NOC4CCCCO4)CC1N(C)C(=O)OCC(C)(C)C)C32. The van der Waals surface area contributed by atoms with Crippen molar-refractivity contribution in [3.63, 3.8) is 0 Å². The summed E-state index contributed by atoms with van der Waals surface area (Å²) in [5.74, 6) is -1.17. The number of unbranched alkanes of at least 4 members (excludes halogenated alkanes) is 2. The van der Waals surface area contributed by atoms with E-state index in [4.69, 9.17) is 33.7 Å². The van der Waals surface area contributed by atoms with Crippen LogP contribution in [0, 0.1) is 23.2 Å². The standard InChI is InChI=1S/C42H63N3O10/c1-7-22-52-42-35(45(6)40(49)51-27-41(3,4)5)26-33(44-55-36-17-11-14-23-50-36)31-24-28(15-9-12-20-46)30(16-10-13-21-47)37(38(31)42)32-25-29(18-19-34(32)54-42)53-39(48)43-8-2/h7,18-19,24-25,28,30,35-38,46-47H,1,8-17,20-23,26-27H2,2-6H3,(H,43,48). The topological polar surface area (TPSA) is 158 Å². The molecule has 1 saturated heterocycles. The number of ether oxygens (including phenoxy) is 5. The first-order valence-electron chi connectivity index (χ1n) is 20.2. The Hall–Kier alpha value is -3.65. The number of aliphatic hydroxyl groups is 2. The molecule has 2 amide bonds. The Morgan fingerprint density at radius 1 is 1.13 bits per heavy atom. The number of benzene rings is 1. The van der Waals surface area contributed by atoms with Gasteiger partial charge in [-0.2, -0.15) is 0 Å². The summed E-state index contributed by atoms with van der Waals surface area (Å²) < 4.78 is 31.6. The molecule has 0 radical (unpaired) electrons. The molecule has 7 atom stereocenters. The Bertz CT molecular complexity index is 1520. The average Bonchev–Trinajstić information content (AvgIpc) is 3.16. The summed E-state index contributed by atoms with van der Waals surface area (Å²) in [5.41, 5.74) is 2.17. The number of likely N-dealkylation sites (N-methyl/N-ethyl adjacent to an activating group) is 1. The third-order valence-electron chi connectivity index (χ3n) is 11.0. The van der Waals surface area contributed by atoms with E-state index in [1.807, 2.05) is 39.8 Å². The summed E-state index contributed by atoms with van der Waals surface area (Å²) in [6.45, 7) is 13.4. The number of carbonyl (C=O) groups is 2. The van der Waals surface area contributed by atoms with Crippen LogP contribution in [0.25, 0.3) is 0 Å². The maximum Gasteiger partial charge on any atom is 0.412 e. The number of amides is 2. The van der Waals surface area contributed by atoms with Crippen molar-refractivity contribution in [3.8, 4) is 11.5 Å². The zero-order chi connectivity index (χ0) is 39.6. The molecular weight excluding hydrogens is 706 g/mol. The largest absolute Gasteiger partial charge is 0.459 e. The predicted octanol–water partition coefficient (Wildman–Crippen LogP) is 7.07. The van der Waals surface area contributed by atoms with Gasteiger partial charge in [0.1, 0.15) is 17.5 Å². The lowest BCUT2D eigenvalue weighted by Crippen LogP contribution is -2.69. The van der Waals surface area contributed by atoms with Gasteiger partial charge >= 0.3 is 12.2 Å². The highest BCUT2D eigenvalue weighted by atomic mass is 16.8. The fourth-order valence-electron chi connectivity index (χ4n) is 8.50. The van der Waals surface area contributed by atoms with E-state index >= 15 is 0 Å². The maximum atomic E-state index is 14.0. The Kier molecular flexibility index (Phi) is 15.0. The third kappa shape index (κ3) is 10.2. The first kappa shape index (κ1) is 42.5. The second-order valence-electron chi connectivity index (χ2n) is 16.3. The number of allylic oxidation sites excluding steroid dienone is 1. The fourth-order valence-corrected chi connectivity index (χ4v) is 8.50. The van der Waals surface area contributed by atoms with E-state index < -0.39 is 36.2 Å². The third-order valence-corrected chi connectivity index (χ3v) is 11.0. The molecule has 5 rings (SSSR count).